The Morgan fingerprint density at radius 1 is 1.54 bits per heavy atom. The van der Waals surface area contributed by atoms with E-state index in [4.69, 9.17) is 14.6 Å². The zero-order chi connectivity index (χ0) is 10.1. The lowest BCUT2D eigenvalue weighted by atomic mass is 10.3. The molecule has 1 atom stereocenters. The van der Waals surface area contributed by atoms with Gasteiger partial charge in [0.05, 0.1) is 6.61 Å². The maximum absolute atomic E-state index is 10.6. The first kappa shape index (κ1) is 12.4. The molecule has 0 fully saturated rings. The third-order valence-electron chi connectivity index (χ3n) is 1.46. The average molecular weight is 190 g/mol. The second kappa shape index (κ2) is 8.01. The molecule has 0 bridgehead atoms. The van der Waals surface area contributed by atoms with E-state index >= 15 is 0 Å². The van der Waals surface area contributed by atoms with Gasteiger partial charge in [0, 0.05) is 6.61 Å². The highest BCUT2D eigenvalue weighted by molar-refractivity contribution is 5.70. The summed E-state index contributed by atoms with van der Waals surface area (Å²) >= 11 is 0. The average Bonchev–Trinajstić information content (AvgIpc) is 2.12. The lowest BCUT2D eigenvalue weighted by Gasteiger charge is -2.12. The lowest BCUT2D eigenvalue weighted by molar-refractivity contribution is -0.154. The summed E-state index contributed by atoms with van der Waals surface area (Å²) in [5.41, 5.74) is 0. The molecule has 0 radical (unpaired) electrons. The molecule has 13 heavy (non-hydrogen) atoms. The molecule has 0 aromatic heterocycles. The van der Waals surface area contributed by atoms with Crippen LogP contribution in [0.1, 0.15) is 26.7 Å². The third kappa shape index (κ3) is 7.74. The van der Waals surface area contributed by atoms with Crippen molar-refractivity contribution < 1.29 is 19.4 Å². The van der Waals surface area contributed by atoms with Crippen LogP contribution in [-0.2, 0) is 14.3 Å². The molecule has 0 spiro atoms. The molecule has 0 aliphatic rings. The Morgan fingerprint density at radius 2 is 2.23 bits per heavy atom. The summed E-state index contributed by atoms with van der Waals surface area (Å²) in [6.07, 6.45) is 1.82. The number of carbonyl (C=O) groups is 1. The quantitative estimate of drug-likeness (QED) is 0.475. The van der Waals surface area contributed by atoms with Gasteiger partial charge in [-0.2, -0.15) is 0 Å². The Balaban J connectivity index is 3.29. The summed E-state index contributed by atoms with van der Waals surface area (Å²) in [6, 6.07) is 0. The Kier molecular flexibility index (Phi) is 7.63. The van der Waals surface area contributed by atoms with Gasteiger partial charge < -0.3 is 14.6 Å². The van der Waals surface area contributed by atoms with Crippen molar-refractivity contribution in [2.45, 2.75) is 32.8 Å². The number of unbranched alkanes of at least 4 members (excludes halogenated alkanes) is 1. The van der Waals surface area contributed by atoms with Crippen LogP contribution in [0.3, 0.4) is 0 Å². The van der Waals surface area contributed by atoms with Gasteiger partial charge in [0.15, 0.2) is 0 Å². The van der Waals surface area contributed by atoms with Gasteiger partial charge in [-0.3, -0.25) is 0 Å². The topological polar surface area (TPSA) is 55.8 Å². The summed E-state index contributed by atoms with van der Waals surface area (Å²) in [4.78, 5) is 10.6. The zero-order valence-electron chi connectivity index (χ0n) is 8.28. The summed E-state index contributed by atoms with van der Waals surface area (Å²) in [7, 11) is 0. The van der Waals surface area contributed by atoms with E-state index in [2.05, 4.69) is 6.92 Å². The number of hydrogen-bond acceptors (Lipinski definition) is 4. The van der Waals surface area contributed by atoms with Crippen molar-refractivity contribution in [2.24, 2.45) is 0 Å². The van der Waals surface area contributed by atoms with E-state index in [0.29, 0.717) is 13.2 Å². The molecule has 78 valence electrons. The molecule has 0 rings (SSSR count). The van der Waals surface area contributed by atoms with Gasteiger partial charge in [0.2, 0.25) is 0 Å². The molecule has 1 unspecified atom stereocenters. The van der Waals surface area contributed by atoms with E-state index in [0.717, 1.165) is 12.8 Å². The summed E-state index contributed by atoms with van der Waals surface area (Å²) < 4.78 is 9.99. The lowest BCUT2D eigenvalue weighted by Crippen LogP contribution is -2.22. The number of ether oxygens (including phenoxy) is 2. The number of hydrogen-bond donors (Lipinski definition) is 1. The first-order chi connectivity index (χ1) is 6.20. The smallest absolute Gasteiger partial charge is 0.332 e. The molecular weight excluding hydrogens is 172 g/mol. The molecule has 1 N–H and O–H groups in total. The Morgan fingerprint density at radius 3 is 2.77 bits per heavy atom. The van der Waals surface area contributed by atoms with Crippen LogP contribution < -0.4 is 0 Å². The maximum Gasteiger partial charge on any atom is 0.332 e. The second-order valence-electron chi connectivity index (χ2n) is 2.89. The van der Waals surface area contributed by atoms with Crippen molar-refractivity contribution in [2.75, 3.05) is 19.8 Å². The molecule has 0 saturated heterocycles. The fourth-order valence-corrected chi connectivity index (χ4v) is 0.791. The van der Waals surface area contributed by atoms with Crippen LogP contribution in [-0.4, -0.2) is 37.0 Å². The van der Waals surface area contributed by atoms with Crippen LogP contribution in [0, 0.1) is 0 Å². The van der Waals surface area contributed by atoms with Crippen LogP contribution in [0.25, 0.3) is 0 Å². The van der Waals surface area contributed by atoms with Crippen molar-refractivity contribution in [3.05, 3.63) is 0 Å². The monoisotopic (exact) mass is 190 g/mol. The van der Waals surface area contributed by atoms with Crippen LogP contribution in [0.5, 0.6) is 0 Å². The van der Waals surface area contributed by atoms with E-state index in [9.17, 15) is 4.79 Å². The van der Waals surface area contributed by atoms with E-state index < -0.39 is 12.6 Å². The molecule has 0 aliphatic heterocycles. The molecular formula is C9H18O4. The van der Waals surface area contributed by atoms with Crippen molar-refractivity contribution in [1.82, 2.24) is 0 Å². The molecule has 0 aromatic rings. The zero-order valence-corrected chi connectivity index (χ0v) is 8.28. The summed E-state index contributed by atoms with van der Waals surface area (Å²) in [5.74, 6) is -0.605. The summed E-state index contributed by atoms with van der Waals surface area (Å²) in [6.45, 7) is 4.33. The van der Waals surface area contributed by atoms with Crippen molar-refractivity contribution >= 4 is 5.97 Å². The molecule has 0 heterocycles. The molecule has 4 nitrogen and oxygen atoms in total. The molecule has 4 heteroatoms. The van der Waals surface area contributed by atoms with Crippen molar-refractivity contribution in [3.8, 4) is 0 Å². The number of esters is 1. The van der Waals surface area contributed by atoms with Crippen LogP contribution in [0.15, 0.2) is 0 Å². The van der Waals surface area contributed by atoms with Gasteiger partial charge in [0.1, 0.15) is 12.7 Å². The van der Waals surface area contributed by atoms with Crippen LogP contribution in [0.4, 0.5) is 0 Å². The minimum absolute atomic E-state index is 0.281. The second-order valence-corrected chi connectivity index (χ2v) is 2.89. The molecule has 0 saturated carbocycles. The minimum Gasteiger partial charge on any atom is -0.459 e. The van der Waals surface area contributed by atoms with Gasteiger partial charge in [0.25, 0.3) is 0 Å². The number of rotatable bonds is 7. The van der Waals surface area contributed by atoms with Crippen LogP contribution in [0.2, 0.25) is 0 Å². The number of aliphatic hydroxyl groups excluding tert-OH is 1. The normalized spacial score (nSPS) is 12.5. The van der Waals surface area contributed by atoms with Gasteiger partial charge in [-0.05, 0) is 13.3 Å². The third-order valence-corrected chi connectivity index (χ3v) is 1.46. The molecule has 0 aliphatic carbocycles. The highest BCUT2D eigenvalue weighted by Crippen LogP contribution is 1.94. The predicted octanol–water partition coefficient (Wildman–Crippen LogP) is 0.727. The van der Waals surface area contributed by atoms with Gasteiger partial charge in [-0.25, -0.2) is 4.79 Å². The van der Waals surface area contributed by atoms with Gasteiger partial charge in [-0.1, -0.05) is 13.3 Å². The highest BCUT2D eigenvalue weighted by atomic mass is 16.6. The first-order valence-electron chi connectivity index (χ1n) is 4.58. The van der Waals surface area contributed by atoms with Gasteiger partial charge >= 0.3 is 5.97 Å². The van der Waals surface area contributed by atoms with E-state index in [1.165, 1.54) is 0 Å². The Hall–Kier alpha value is -0.610. The van der Waals surface area contributed by atoms with E-state index in [-0.39, 0.29) is 6.10 Å². The molecule has 0 amide bonds. The van der Waals surface area contributed by atoms with Gasteiger partial charge in [-0.15, -0.1) is 0 Å². The number of carbonyl (C=O) groups excluding carboxylic acids is 1. The minimum atomic E-state index is -0.605. The first-order valence-corrected chi connectivity index (χ1v) is 4.58. The fraction of sp³-hybridized carbons (Fsp3) is 0.889. The standard InChI is InChI=1S/C9H18O4/c1-3-4-5-12-7-8(2)13-9(11)6-10/h8,10H,3-7H2,1-2H3. The van der Waals surface area contributed by atoms with Crippen LogP contribution >= 0.6 is 0 Å². The highest BCUT2D eigenvalue weighted by Gasteiger charge is 2.07. The summed E-state index contributed by atoms with van der Waals surface area (Å²) in [5, 5.41) is 8.38. The van der Waals surface area contributed by atoms with E-state index in [1.807, 2.05) is 0 Å². The SMILES string of the molecule is CCCCOCC(C)OC(=O)CO. The van der Waals surface area contributed by atoms with E-state index in [1.54, 1.807) is 6.92 Å². The van der Waals surface area contributed by atoms with Crippen molar-refractivity contribution in [1.29, 1.82) is 0 Å². The maximum atomic E-state index is 10.6. The van der Waals surface area contributed by atoms with Crippen molar-refractivity contribution in [3.63, 3.8) is 0 Å². The predicted molar refractivity (Wildman–Crippen MR) is 48.4 cm³/mol. The Labute approximate surface area is 78.8 Å². The fourth-order valence-electron chi connectivity index (χ4n) is 0.791. The molecule has 0 aromatic carbocycles. The Bertz CT molecular complexity index is 136. The number of aliphatic hydroxyl groups is 1. The largest absolute Gasteiger partial charge is 0.459 e.